The lowest BCUT2D eigenvalue weighted by atomic mass is 10.1. The topological polar surface area (TPSA) is 72.5 Å². The Morgan fingerprint density at radius 2 is 1.66 bits per heavy atom. The molecule has 1 heterocycles. The first-order valence-electron chi connectivity index (χ1n) is 9.29. The Bertz CT molecular complexity index is 1000. The van der Waals surface area contributed by atoms with Crippen LogP contribution in [0.3, 0.4) is 0 Å². The number of anilines is 3. The molecular weight excluding hydrogens is 366 g/mol. The molecule has 0 saturated carbocycles. The van der Waals surface area contributed by atoms with Crippen LogP contribution in [0.15, 0.2) is 54.7 Å². The molecule has 150 valence electrons. The van der Waals surface area contributed by atoms with E-state index in [4.69, 9.17) is 9.47 Å². The monoisotopic (exact) mass is 391 g/mol. The Morgan fingerprint density at radius 3 is 2.31 bits per heavy atom. The van der Waals surface area contributed by atoms with E-state index in [1.165, 1.54) is 11.1 Å². The molecule has 2 aromatic carbocycles. The van der Waals surface area contributed by atoms with E-state index in [1.807, 2.05) is 24.3 Å². The molecule has 3 rings (SSSR count). The second-order valence-corrected chi connectivity index (χ2v) is 6.77. The first-order valence-corrected chi connectivity index (χ1v) is 9.29. The standard InChI is InChI=1S/C23H25N3O3/c1-15-5-7-18(11-16(15)2)25-22-10-8-19(14-24-22)26-23(27)13-17-6-9-20(28-3)21(12-17)29-4/h5-12,14H,13H2,1-4H3,(H,24,25)(H,26,27). The van der Waals surface area contributed by atoms with Crippen molar-refractivity contribution in [1.82, 2.24) is 4.98 Å². The molecule has 0 saturated heterocycles. The lowest BCUT2D eigenvalue weighted by Gasteiger charge is -2.11. The summed E-state index contributed by atoms with van der Waals surface area (Å²) in [6.45, 7) is 4.15. The number of pyridine rings is 1. The summed E-state index contributed by atoms with van der Waals surface area (Å²) in [6, 6.07) is 15.3. The van der Waals surface area contributed by atoms with Crippen LogP contribution in [0.2, 0.25) is 0 Å². The highest BCUT2D eigenvalue weighted by molar-refractivity contribution is 5.92. The van der Waals surface area contributed by atoms with Crippen molar-refractivity contribution in [3.8, 4) is 11.5 Å². The van der Waals surface area contributed by atoms with E-state index in [0.717, 1.165) is 11.3 Å². The molecule has 0 aliphatic heterocycles. The Hall–Kier alpha value is -3.54. The maximum Gasteiger partial charge on any atom is 0.228 e. The Kier molecular flexibility index (Phi) is 6.34. The van der Waals surface area contributed by atoms with E-state index in [9.17, 15) is 4.79 Å². The molecule has 0 aliphatic rings. The smallest absolute Gasteiger partial charge is 0.228 e. The van der Waals surface area contributed by atoms with Crippen molar-refractivity contribution >= 4 is 23.1 Å². The van der Waals surface area contributed by atoms with Crippen molar-refractivity contribution < 1.29 is 14.3 Å². The van der Waals surface area contributed by atoms with Gasteiger partial charge in [0.25, 0.3) is 0 Å². The molecule has 1 amide bonds. The molecule has 6 nitrogen and oxygen atoms in total. The number of carbonyl (C=O) groups is 1. The van der Waals surface area contributed by atoms with Crippen molar-refractivity contribution in [3.63, 3.8) is 0 Å². The van der Waals surface area contributed by atoms with Crippen LogP contribution < -0.4 is 20.1 Å². The van der Waals surface area contributed by atoms with Crippen LogP contribution in [0.25, 0.3) is 0 Å². The Labute approximate surface area is 170 Å². The van der Waals surface area contributed by atoms with Crippen LogP contribution in [-0.2, 0) is 11.2 Å². The second-order valence-electron chi connectivity index (χ2n) is 6.77. The Balaban J connectivity index is 1.60. The molecule has 0 fully saturated rings. The second kappa shape index (κ2) is 9.10. The van der Waals surface area contributed by atoms with Gasteiger partial charge in [-0.3, -0.25) is 4.79 Å². The van der Waals surface area contributed by atoms with Crippen molar-refractivity contribution in [2.45, 2.75) is 20.3 Å². The molecule has 0 bridgehead atoms. The highest BCUT2D eigenvalue weighted by Crippen LogP contribution is 2.27. The first-order chi connectivity index (χ1) is 14.0. The van der Waals surface area contributed by atoms with Gasteiger partial charge in [-0.15, -0.1) is 0 Å². The number of rotatable bonds is 7. The number of hydrogen-bond donors (Lipinski definition) is 2. The van der Waals surface area contributed by atoms with Crippen LogP contribution in [-0.4, -0.2) is 25.1 Å². The average molecular weight is 391 g/mol. The Morgan fingerprint density at radius 1 is 0.897 bits per heavy atom. The van der Waals surface area contributed by atoms with Crippen LogP contribution >= 0.6 is 0 Å². The summed E-state index contributed by atoms with van der Waals surface area (Å²) in [7, 11) is 3.15. The summed E-state index contributed by atoms with van der Waals surface area (Å²) in [5.41, 5.74) is 4.91. The molecule has 0 aliphatic carbocycles. The van der Waals surface area contributed by atoms with Gasteiger partial charge >= 0.3 is 0 Å². The maximum atomic E-state index is 12.4. The minimum Gasteiger partial charge on any atom is -0.493 e. The van der Waals surface area contributed by atoms with Gasteiger partial charge in [-0.1, -0.05) is 12.1 Å². The normalized spacial score (nSPS) is 10.3. The number of nitrogens with zero attached hydrogens (tertiary/aromatic N) is 1. The number of aryl methyl sites for hydroxylation is 2. The molecule has 0 atom stereocenters. The van der Waals surface area contributed by atoms with Crippen molar-refractivity contribution in [2.75, 3.05) is 24.9 Å². The van der Waals surface area contributed by atoms with Gasteiger partial charge in [0.05, 0.1) is 32.5 Å². The van der Waals surface area contributed by atoms with Gasteiger partial charge in [0.2, 0.25) is 5.91 Å². The SMILES string of the molecule is COc1ccc(CC(=O)Nc2ccc(Nc3ccc(C)c(C)c3)nc2)cc1OC. The highest BCUT2D eigenvalue weighted by atomic mass is 16.5. The zero-order valence-corrected chi connectivity index (χ0v) is 17.1. The van der Waals surface area contributed by atoms with E-state index in [1.54, 1.807) is 32.5 Å². The van der Waals surface area contributed by atoms with E-state index in [2.05, 4.69) is 41.6 Å². The molecular formula is C23H25N3O3. The van der Waals surface area contributed by atoms with Crippen LogP contribution in [0, 0.1) is 13.8 Å². The lowest BCUT2D eigenvalue weighted by molar-refractivity contribution is -0.115. The number of benzene rings is 2. The predicted octanol–water partition coefficient (Wildman–Crippen LogP) is 4.64. The molecule has 1 aromatic heterocycles. The average Bonchev–Trinajstić information content (AvgIpc) is 2.72. The largest absolute Gasteiger partial charge is 0.493 e. The fourth-order valence-electron chi connectivity index (χ4n) is 2.89. The zero-order valence-electron chi connectivity index (χ0n) is 17.1. The van der Waals surface area contributed by atoms with E-state index in [0.29, 0.717) is 23.0 Å². The van der Waals surface area contributed by atoms with Gasteiger partial charge in [0.15, 0.2) is 11.5 Å². The fourth-order valence-corrected chi connectivity index (χ4v) is 2.89. The van der Waals surface area contributed by atoms with Crippen LogP contribution in [0.1, 0.15) is 16.7 Å². The lowest BCUT2D eigenvalue weighted by Crippen LogP contribution is -2.14. The fraction of sp³-hybridized carbons (Fsp3) is 0.217. The van der Waals surface area contributed by atoms with Crippen molar-refractivity contribution in [1.29, 1.82) is 0 Å². The number of carbonyl (C=O) groups excluding carboxylic acids is 1. The van der Waals surface area contributed by atoms with E-state index in [-0.39, 0.29) is 12.3 Å². The van der Waals surface area contributed by atoms with Gasteiger partial charge in [0, 0.05) is 5.69 Å². The third-order valence-electron chi connectivity index (χ3n) is 4.64. The van der Waals surface area contributed by atoms with E-state index < -0.39 is 0 Å². The summed E-state index contributed by atoms with van der Waals surface area (Å²) >= 11 is 0. The molecule has 6 heteroatoms. The first kappa shape index (κ1) is 20.2. The van der Waals surface area contributed by atoms with Gasteiger partial charge in [-0.05, 0) is 66.9 Å². The third-order valence-corrected chi connectivity index (χ3v) is 4.64. The third kappa shape index (κ3) is 5.25. The molecule has 0 radical (unpaired) electrons. The molecule has 0 unspecified atom stereocenters. The van der Waals surface area contributed by atoms with Gasteiger partial charge in [-0.2, -0.15) is 0 Å². The van der Waals surface area contributed by atoms with Crippen LogP contribution in [0.4, 0.5) is 17.2 Å². The predicted molar refractivity (Wildman–Crippen MR) is 115 cm³/mol. The quantitative estimate of drug-likeness (QED) is 0.614. The molecule has 2 N–H and O–H groups in total. The number of nitrogens with one attached hydrogen (secondary N) is 2. The van der Waals surface area contributed by atoms with Gasteiger partial charge in [-0.25, -0.2) is 4.98 Å². The van der Waals surface area contributed by atoms with Crippen molar-refractivity contribution in [2.24, 2.45) is 0 Å². The highest BCUT2D eigenvalue weighted by Gasteiger charge is 2.09. The number of amides is 1. The summed E-state index contributed by atoms with van der Waals surface area (Å²) < 4.78 is 10.5. The number of aromatic nitrogens is 1. The minimum atomic E-state index is -0.131. The van der Waals surface area contributed by atoms with Gasteiger partial charge < -0.3 is 20.1 Å². The summed E-state index contributed by atoms with van der Waals surface area (Å²) in [4.78, 5) is 16.7. The molecule has 29 heavy (non-hydrogen) atoms. The maximum absolute atomic E-state index is 12.4. The number of methoxy groups -OCH3 is 2. The summed E-state index contributed by atoms with van der Waals surface area (Å²) in [5.74, 6) is 1.81. The molecule has 0 spiro atoms. The van der Waals surface area contributed by atoms with E-state index >= 15 is 0 Å². The van der Waals surface area contributed by atoms with Crippen LogP contribution in [0.5, 0.6) is 11.5 Å². The zero-order chi connectivity index (χ0) is 20.8. The summed E-state index contributed by atoms with van der Waals surface area (Å²) in [5, 5.41) is 6.13. The van der Waals surface area contributed by atoms with Crippen molar-refractivity contribution in [3.05, 3.63) is 71.4 Å². The summed E-state index contributed by atoms with van der Waals surface area (Å²) in [6.07, 6.45) is 1.86. The molecule has 3 aromatic rings. The number of hydrogen-bond acceptors (Lipinski definition) is 5. The number of ether oxygens (including phenoxy) is 2. The van der Waals surface area contributed by atoms with Gasteiger partial charge in [0.1, 0.15) is 5.82 Å². The minimum absolute atomic E-state index is 0.131.